The number of rotatable bonds is 10. The van der Waals surface area contributed by atoms with Crippen LogP contribution in [0.3, 0.4) is 0 Å². The third-order valence-electron chi connectivity index (χ3n) is 10.4. The second-order valence-corrected chi connectivity index (χ2v) is 14.5. The maximum atomic E-state index is 13.9. The highest BCUT2D eigenvalue weighted by atomic mass is 32.2. The number of nitrogens with zero attached hydrogens (tertiary/aromatic N) is 3. The van der Waals surface area contributed by atoms with Gasteiger partial charge in [-0.25, -0.2) is 0 Å². The van der Waals surface area contributed by atoms with E-state index in [1.165, 1.54) is 0 Å². The lowest BCUT2D eigenvalue weighted by Gasteiger charge is -2.40. The number of carbonyl (C=O) groups excluding carboxylic acids is 2. The van der Waals surface area contributed by atoms with E-state index < -0.39 is 24.0 Å². The van der Waals surface area contributed by atoms with E-state index in [1.54, 1.807) is 11.8 Å². The zero-order valence-electron chi connectivity index (χ0n) is 28.1. The Kier molecular flexibility index (Phi) is 9.67. The number of piperazine rings is 1. The molecular formula is C40H41F3N4O2S. The van der Waals surface area contributed by atoms with Gasteiger partial charge in [0.15, 0.2) is 0 Å². The Morgan fingerprint density at radius 1 is 0.860 bits per heavy atom. The Balaban J connectivity index is 0.982. The highest BCUT2D eigenvalue weighted by molar-refractivity contribution is 7.99. The molecule has 0 bridgehead atoms. The van der Waals surface area contributed by atoms with Crippen molar-refractivity contribution in [2.75, 3.05) is 44.2 Å². The van der Waals surface area contributed by atoms with Gasteiger partial charge >= 0.3 is 6.18 Å². The second-order valence-electron chi connectivity index (χ2n) is 13.4. The number of anilines is 1. The van der Waals surface area contributed by atoms with Crippen LogP contribution in [0.15, 0.2) is 107 Å². The minimum absolute atomic E-state index is 0.00580. The van der Waals surface area contributed by atoms with Crippen LogP contribution in [0.1, 0.15) is 64.8 Å². The van der Waals surface area contributed by atoms with Crippen LogP contribution in [0, 0.1) is 0 Å². The summed E-state index contributed by atoms with van der Waals surface area (Å²) < 4.78 is 39.8. The first-order valence-electron chi connectivity index (χ1n) is 17.3. The quantitative estimate of drug-likeness (QED) is 0.171. The Hall–Kier alpha value is -4.28. The minimum atomic E-state index is -4.50. The number of hydrogen-bond acceptors (Lipinski definition) is 5. The highest BCUT2D eigenvalue weighted by Gasteiger charge is 2.47. The van der Waals surface area contributed by atoms with Gasteiger partial charge in [0, 0.05) is 53.8 Å². The molecular weight excluding hydrogens is 658 g/mol. The summed E-state index contributed by atoms with van der Waals surface area (Å²) in [6, 6.07) is 31.6. The Bertz CT molecular complexity index is 1810. The van der Waals surface area contributed by atoms with Crippen LogP contribution in [0.25, 0.3) is 0 Å². The fourth-order valence-electron chi connectivity index (χ4n) is 7.73. The number of unbranched alkanes of at least 4 members (excludes halogenated alkanes) is 1. The Morgan fingerprint density at radius 3 is 2.16 bits per heavy atom. The van der Waals surface area contributed by atoms with E-state index in [0.717, 1.165) is 82.4 Å². The van der Waals surface area contributed by atoms with Crippen LogP contribution in [-0.2, 0) is 16.8 Å². The van der Waals surface area contributed by atoms with Gasteiger partial charge in [-0.3, -0.25) is 14.5 Å². The zero-order valence-corrected chi connectivity index (χ0v) is 28.9. The molecule has 1 fully saturated rings. The van der Waals surface area contributed by atoms with E-state index in [2.05, 4.69) is 46.3 Å². The Labute approximate surface area is 295 Å². The number of carbonyl (C=O) groups is 2. The molecule has 3 heterocycles. The summed E-state index contributed by atoms with van der Waals surface area (Å²) >= 11 is 1.56. The molecule has 1 atom stereocenters. The molecule has 0 aromatic heterocycles. The first-order chi connectivity index (χ1) is 24.1. The summed E-state index contributed by atoms with van der Waals surface area (Å²) in [6.07, 6.45) is -2.60. The van der Waals surface area contributed by atoms with Crippen molar-refractivity contribution in [3.8, 4) is 0 Å². The van der Waals surface area contributed by atoms with E-state index in [9.17, 15) is 22.8 Å². The molecule has 1 saturated heterocycles. The predicted molar refractivity (Wildman–Crippen MR) is 191 cm³/mol. The van der Waals surface area contributed by atoms with Crippen LogP contribution in [0.2, 0.25) is 0 Å². The molecule has 1 unspecified atom stereocenters. The van der Waals surface area contributed by atoms with Gasteiger partial charge in [0.2, 0.25) is 5.91 Å². The Morgan fingerprint density at radius 2 is 1.50 bits per heavy atom. The number of halogens is 3. The fraction of sp³-hybridized carbons (Fsp3) is 0.350. The van der Waals surface area contributed by atoms with Crippen LogP contribution in [-0.4, -0.2) is 67.1 Å². The van der Waals surface area contributed by atoms with Crippen molar-refractivity contribution >= 4 is 29.3 Å². The van der Waals surface area contributed by atoms with E-state index in [-0.39, 0.29) is 11.9 Å². The molecule has 1 N–H and O–H groups in total. The summed E-state index contributed by atoms with van der Waals surface area (Å²) in [5.41, 5.74) is 4.35. The number of benzene rings is 4. The third-order valence-corrected chi connectivity index (χ3v) is 11.6. The van der Waals surface area contributed by atoms with Gasteiger partial charge in [0.1, 0.15) is 12.0 Å². The molecule has 50 heavy (non-hydrogen) atoms. The van der Waals surface area contributed by atoms with Gasteiger partial charge < -0.3 is 15.1 Å². The number of nitrogens with one attached hydrogen (secondary N) is 1. The summed E-state index contributed by atoms with van der Waals surface area (Å²) in [4.78, 5) is 35.9. The van der Waals surface area contributed by atoms with Crippen molar-refractivity contribution in [1.29, 1.82) is 0 Å². The third kappa shape index (κ3) is 6.75. The van der Waals surface area contributed by atoms with Crippen molar-refractivity contribution in [3.63, 3.8) is 0 Å². The molecule has 4 aromatic carbocycles. The lowest BCUT2D eigenvalue weighted by molar-refractivity contribution is -0.141. The van der Waals surface area contributed by atoms with Crippen molar-refractivity contribution < 1.29 is 22.8 Å². The molecule has 2 amide bonds. The van der Waals surface area contributed by atoms with Crippen molar-refractivity contribution in [2.45, 2.75) is 60.2 Å². The van der Waals surface area contributed by atoms with E-state index in [1.807, 2.05) is 77.7 Å². The van der Waals surface area contributed by atoms with Crippen molar-refractivity contribution in [3.05, 3.63) is 125 Å². The molecule has 6 nitrogen and oxygen atoms in total. The average molecular weight is 699 g/mol. The fourth-order valence-corrected chi connectivity index (χ4v) is 8.96. The number of alkyl halides is 3. The summed E-state index contributed by atoms with van der Waals surface area (Å²) in [5.74, 6) is -0.530. The molecule has 7 rings (SSSR count). The molecule has 260 valence electrons. The smallest absolute Gasteiger partial charge is 0.369 e. The molecule has 0 radical (unpaired) electrons. The largest absolute Gasteiger partial charge is 0.405 e. The maximum Gasteiger partial charge on any atom is 0.405 e. The minimum Gasteiger partial charge on any atom is -0.369 e. The predicted octanol–water partition coefficient (Wildman–Crippen LogP) is 7.83. The molecule has 4 aromatic rings. The van der Waals surface area contributed by atoms with Crippen LogP contribution >= 0.6 is 11.8 Å². The SMILES string of the molecule is CC(c1ccccc1)N1Cc2ccc(N3CCN(CCCCC4(C(=O)NCC(F)(F)F)c5ccccc5Sc5ccccc54)CC3)cc2C1=O. The topological polar surface area (TPSA) is 55.9 Å². The molecule has 0 spiro atoms. The average Bonchev–Trinajstić information content (AvgIpc) is 3.47. The van der Waals surface area contributed by atoms with E-state index >= 15 is 0 Å². The molecule has 0 aliphatic carbocycles. The summed E-state index contributed by atoms with van der Waals surface area (Å²) in [6.45, 7) is 5.55. The number of fused-ring (bicyclic) bond motifs is 3. The molecule has 3 aliphatic rings. The maximum absolute atomic E-state index is 13.9. The summed E-state index contributed by atoms with van der Waals surface area (Å²) in [5, 5.41) is 2.25. The van der Waals surface area contributed by atoms with Gasteiger partial charge in [0.25, 0.3) is 5.91 Å². The van der Waals surface area contributed by atoms with Gasteiger partial charge in [0.05, 0.1) is 6.04 Å². The first kappa shape index (κ1) is 34.2. The van der Waals surface area contributed by atoms with Gasteiger partial charge in [-0.15, -0.1) is 0 Å². The van der Waals surface area contributed by atoms with Crippen LogP contribution < -0.4 is 10.2 Å². The van der Waals surface area contributed by atoms with Gasteiger partial charge in [-0.1, -0.05) is 91.0 Å². The first-order valence-corrected chi connectivity index (χ1v) is 18.1. The highest BCUT2D eigenvalue weighted by Crippen LogP contribution is 2.51. The standard InChI is InChI=1S/C40H41F3N4O2S/c1-28(29-11-3-2-4-12-29)47-26-30-17-18-31(25-32(30)37(47)48)46-23-21-45(22-24-46)20-10-9-19-39(38(49)44-27-40(41,42)43)33-13-5-7-15-35(33)50-36-16-8-6-14-34(36)39/h2-8,11-18,25,28H,9-10,19-24,26-27H2,1H3,(H,44,49). The van der Waals surface area contributed by atoms with Crippen molar-refractivity contribution in [1.82, 2.24) is 15.1 Å². The van der Waals surface area contributed by atoms with E-state index in [4.69, 9.17) is 0 Å². The number of hydrogen-bond donors (Lipinski definition) is 1. The van der Waals surface area contributed by atoms with Crippen LogP contribution in [0.4, 0.5) is 18.9 Å². The molecule has 10 heteroatoms. The molecule has 3 aliphatic heterocycles. The van der Waals surface area contributed by atoms with E-state index in [0.29, 0.717) is 19.4 Å². The van der Waals surface area contributed by atoms with Gasteiger partial charge in [-0.2, -0.15) is 13.2 Å². The molecule has 0 saturated carbocycles. The zero-order chi connectivity index (χ0) is 34.9. The summed E-state index contributed by atoms with van der Waals surface area (Å²) in [7, 11) is 0. The van der Waals surface area contributed by atoms with Gasteiger partial charge in [-0.05, 0) is 72.8 Å². The van der Waals surface area contributed by atoms with Crippen LogP contribution in [0.5, 0.6) is 0 Å². The van der Waals surface area contributed by atoms with Crippen molar-refractivity contribution in [2.24, 2.45) is 0 Å². The lowest BCUT2D eigenvalue weighted by atomic mass is 9.69. The number of amides is 2. The lowest BCUT2D eigenvalue weighted by Crippen LogP contribution is -2.49. The second kappa shape index (κ2) is 14.2. The monoisotopic (exact) mass is 698 g/mol. The normalized spacial score (nSPS) is 17.6.